The number of rotatable bonds is 1. The molecule has 1 aromatic carbocycles. The molecule has 1 heterocycles. The molecule has 3 heteroatoms. The zero-order valence-electron chi connectivity index (χ0n) is 7.44. The van der Waals surface area contributed by atoms with Crippen LogP contribution in [-0.4, -0.2) is 4.98 Å². The van der Waals surface area contributed by atoms with Crippen LogP contribution in [0.2, 0.25) is 5.02 Å². The average molecular weight is 205 g/mol. The van der Waals surface area contributed by atoms with E-state index in [1.54, 1.807) is 12.3 Å². The molecule has 14 heavy (non-hydrogen) atoms. The van der Waals surface area contributed by atoms with Crippen LogP contribution >= 0.6 is 11.6 Å². The van der Waals surface area contributed by atoms with Gasteiger partial charge in [0.05, 0.1) is 10.7 Å². The number of nitrogens with zero attached hydrogens (tertiary/aromatic N) is 1. The lowest BCUT2D eigenvalue weighted by Gasteiger charge is -2.03. The number of anilines is 1. The number of nitrogens with two attached hydrogens (primary N) is 1. The largest absolute Gasteiger partial charge is 0.398 e. The molecular weight excluding hydrogens is 196 g/mol. The molecule has 0 aliphatic rings. The van der Waals surface area contributed by atoms with E-state index in [9.17, 15) is 0 Å². The minimum Gasteiger partial charge on any atom is -0.398 e. The zero-order valence-corrected chi connectivity index (χ0v) is 8.20. The summed E-state index contributed by atoms with van der Waals surface area (Å²) >= 11 is 5.75. The molecule has 0 spiro atoms. The highest BCUT2D eigenvalue weighted by Crippen LogP contribution is 2.23. The molecule has 2 rings (SSSR count). The van der Waals surface area contributed by atoms with Crippen LogP contribution in [0, 0.1) is 0 Å². The van der Waals surface area contributed by atoms with Crippen molar-refractivity contribution in [2.24, 2.45) is 0 Å². The summed E-state index contributed by atoms with van der Waals surface area (Å²) in [5.74, 6) is 0. The van der Waals surface area contributed by atoms with Crippen molar-refractivity contribution in [3.05, 3.63) is 47.6 Å². The van der Waals surface area contributed by atoms with Gasteiger partial charge in [0.1, 0.15) is 0 Å². The van der Waals surface area contributed by atoms with E-state index in [1.807, 2.05) is 30.3 Å². The molecule has 0 aliphatic heterocycles. The van der Waals surface area contributed by atoms with Gasteiger partial charge in [-0.2, -0.15) is 0 Å². The maximum absolute atomic E-state index is 5.82. The lowest BCUT2D eigenvalue weighted by Crippen LogP contribution is -1.90. The van der Waals surface area contributed by atoms with Crippen LogP contribution in [0.3, 0.4) is 0 Å². The Labute approximate surface area is 87.4 Å². The van der Waals surface area contributed by atoms with Crippen molar-refractivity contribution < 1.29 is 0 Å². The molecule has 0 bridgehead atoms. The molecule has 2 nitrogen and oxygen atoms in total. The minimum absolute atomic E-state index is 0.628. The van der Waals surface area contributed by atoms with Crippen molar-refractivity contribution in [1.82, 2.24) is 4.98 Å². The smallest absolute Gasteiger partial charge is 0.0723 e. The number of aromatic nitrogens is 1. The molecule has 0 fully saturated rings. The summed E-state index contributed by atoms with van der Waals surface area (Å²) in [4.78, 5) is 4.20. The van der Waals surface area contributed by atoms with E-state index in [4.69, 9.17) is 17.3 Å². The highest BCUT2D eigenvalue weighted by molar-refractivity contribution is 6.30. The Morgan fingerprint density at radius 3 is 2.50 bits per heavy atom. The maximum Gasteiger partial charge on any atom is 0.0723 e. The van der Waals surface area contributed by atoms with Gasteiger partial charge in [-0.25, -0.2) is 0 Å². The van der Waals surface area contributed by atoms with Crippen molar-refractivity contribution in [3.63, 3.8) is 0 Å². The van der Waals surface area contributed by atoms with Gasteiger partial charge in [0.2, 0.25) is 0 Å². The lowest BCUT2D eigenvalue weighted by molar-refractivity contribution is 1.33. The van der Waals surface area contributed by atoms with Gasteiger partial charge in [0.15, 0.2) is 0 Å². The van der Waals surface area contributed by atoms with Gasteiger partial charge >= 0.3 is 0 Å². The van der Waals surface area contributed by atoms with Crippen molar-refractivity contribution >= 4 is 17.3 Å². The lowest BCUT2D eigenvalue weighted by atomic mass is 10.1. The second-order valence-corrected chi connectivity index (χ2v) is 3.39. The Balaban J connectivity index is 2.50. The third-order valence-corrected chi connectivity index (χ3v) is 2.19. The third-order valence-electron chi connectivity index (χ3n) is 1.96. The normalized spacial score (nSPS) is 10.1. The monoisotopic (exact) mass is 204 g/mol. The number of pyridine rings is 1. The first-order chi connectivity index (χ1) is 6.77. The number of hydrogen-bond donors (Lipinski definition) is 1. The van der Waals surface area contributed by atoms with E-state index in [0.717, 1.165) is 16.9 Å². The summed E-state index contributed by atoms with van der Waals surface area (Å²) in [6, 6.07) is 11.3. The van der Waals surface area contributed by atoms with Gasteiger partial charge in [-0.1, -0.05) is 29.8 Å². The first kappa shape index (κ1) is 9.03. The van der Waals surface area contributed by atoms with Crippen LogP contribution in [0.15, 0.2) is 42.6 Å². The van der Waals surface area contributed by atoms with E-state index in [-0.39, 0.29) is 0 Å². The van der Waals surface area contributed by atoms with Gasteiger partial charge in [0.25, 0.3) is 0 Å². The molecule has 0 unspecified atom stereocenters. The topological polar surface area (TPSA) is 38.9 Å². The van der Waals surface area contributed by atoms with Crippen molar-refractivity contribution in [3.8, 4) is 11.3 Å². The molecule has 2 N–H and O–H groups in total. The second kappa shape index (κ2) is 3.68. The van der Waals surface area contributed by atoms with Crippen molar-refractivity contribution in [2.45, 2.75) is 0 Å². The summed E-state index contributed by atoms with van der Waals surface area (Å²) in [5, 5.41) is 0.628. The van der Waals surface area contributed by atoms with Crippen LogP contribution in [0.5, 0.6) is 0 Å². The molecule has 0 saturated heterocycles. The van der Waals surface area contributed by atoms with Gasteiger partial charge < -0.3 is 5.73 Å². The first-order valence-electron chi connectivity index (χ1n) is 4.24. The molecule has 70 valence electrons. The van der Waals surface area contributed by atoms with Gasteiger partial charge in [-0.05, 0) is 18.2 Å². The van der Waals surface area contributed by atoms with Crippen LogP contribution in [-0.2, 0) is 0 Å². The van der Waals surface area contributed by atoms with Crippen LogP contribution in [0.25, 0.3) is 11.3 Å². The molecule has 0 amide bonds. The minimum atomic E-state index is 0.628. The highest BCUT2D eigenvalue weighted by Gasteiger charge is 2.01. The Morgan fingerprint density at radius 2 is 1.86 bits per heavy atom. The van der Waals surface area contributed by atoms with E-state index in [2.05, 4.69) is 4.98 Å². The van der Waals surface area contributed by atoms with Crippen molar-refractivity contribution in [2.75, 3.05) is 5.73 Å². The summed E-state index contributed by atoms with van der Waals surface area (Å²) in [7, 11) is 0. The summed E-state index contributed by atoms with van der Waals surface area (Å²) in [5.41, 5.74) is 8.32. The quantitative estimate of drug-likeness (QED) is 0.726. The number of halogens is 1. The molecule has 0 radical (unpaired) electrons. The summed E-state index contributed by atoms with van der Waals surface area (Å²) < 4.78 is 0. The van der Waals surface area contributed by atoms with E-state index in [0.29, 0.717) is 5.02 Å². The number of para-hydroxylation sites is 1. The number of hydrogen-bond acceptors (Lipinski definition) is 2. The maximum atomic E-state index is 5.82. The standard InChI is InChI=1S/C11H9ClN2/c12-8-5-6-11(14-7-8)9-3-1-2-4-10(9)13/h1-7H,13H2. The van der Waals surface area contributed by atoms with E-state index < -0.39 is 0 Å². The molecule has 2 aromatic rings. The van der Waals surface area contributed by atoms with Crippen LogP contribution < -0.4 is 5.73 Å². The fourth-order valence-corrected chi connectivity index (χ4v) is 1.38. The molecule has 0 saturated carbocycles. The Morgan fingerprint density at radius 1 is 1.07 bits per heavy atom. The molecule has 0 aliphatic carbocycles. The Hall–Kier alpha value is -1.54. The Bertz CT molecular complexity index is 437. The predicted octanol–water partition coefficient (Wildman–Crippen LogP) is 2.98. The van der Waals surface area contributed by atoms with E-state index in [1.165, 1.54) is 0 Å². The van der Waals surface area contributed by atoms with Gasteiger partial charge in [-0.3, -0.25) is 4.98 Å². The Kier molecular flexibility index (Phi) is 2.37. The first-order valence-corrected chi connectivity index (χ1v) is 4.61. The fraction of sp³-hybridized carbons (Fsp3) is 0. The summed E-state index contributed by atoms with van der Waals surface area (Å²) in [6.07, 6.45) is 1.61. The summed E-state index contributed by atoms with van der Waals surface area (Å²) in [6.45, 7) is 0. The second-order valence-electron chi connectivity index (χ2n) is 2.95. The van der Waals surface area contributed by atoms with Gasteiger partial charge in [0, 0.05) is 17.4 Å². The molecule has 1 aromatic heterocycles. The van der Waals surface area contributed by atoms with Gasteiger partial charge in [-0.15, -0.1) is 0 Å². The highest BCUT2D eigenvalue weighted by atomic mass is 35.5. The average Bonchev–Trinajstić information content (AvgIpc) is 2.20. The third kappa shape index (κ3) is 1.70. The molecule has 0 atom stereocenters. The van der Waals surface area contributed by atoms with Crippen LogP contribution in [0.4, 0.5) is 5.69 Å². The fourth-order valence-electron chi connectivity index (χ4n) is 1.27. The van der Waals surface area contributed by atoms with E-state index >= 15 is 0 Å². The van der Waals surface area contributed by atoms with Crippen molar-refractivity contribution in [1.29, 1.82) is 0 Å². The number of benzene rings is 1. The van der Waals surface area contributed by atoms with Crippen LogP contribution in [0.1, 0.15) is 0 Å². The molecular formula is C11H9ClN2. The SMILES string of the molecule is Nc1ccccc1-c1ccc(Cl)cn1. The zero-order chi connectivity index (χ0) is 9.97. The number of nitrogen functional groups attached to an aromatic ring is 1. The predicted molar refractivity (Wildman–Crippen MR) is 59.1 cm³/mol.